The summed E-state index contributed by atoms with van der Waals surface area (Å²) in [5.41, 5.74) is 2.63. The Hall–Kier alpha value is -1.89. The molecule has 172 valence electrons. The molecule has 0 saturated carbocycles. The number of hydrogen-bond donors (Lipinski definition) is 2. The van der Waals surface area contributed by atoms with E-state index >= 15 is 0 Å². The third kappa shape index (κ3) is 7.63. The summed E-state index contributed by atoms with van der Waals surface area (Å²) in [5.74, 6) is 1.01. The van der Waals surface area contributed by atoms with E-state index in [2.05, 4.69) is 27.7 Å². The molecule has 0 saturated heterocycles. The molecule has 0 spiro atoms. The van der Waals surface area contributed by atoms with Gasteiger partial charge in [0.2, 0.25) is 0 Å². The van der Waals surface area contributed by atoms with Crippen molar-refractivity contribution in [3.63, 3.8) is 0 Å². The van der Waals surface area contributed by atoms with Gasteiger partial charge in [0.05, 0.1) is 30.2 Å². The van der Waals surface area contributed by atoms with E-state index in [1.807, 2.05) is 26.0 Å². The summed E-state index contributed by atoms with van der Waals surface area (Å²) in [5, 5.41) is 11.0. The molecule has 5 nitrogen and oxygen atoms in total. The summed E-state index contributed by atoms with van der Waals surface area (Å²) in [6.07, 6.45) is -0.769. The highest BCUT2D eigenvalue weighted by Crippen LogP contribution is 2.24. The van der Waals surface area contributed by atoms with Crippen molar-refractivity contribution in [1.82, 2.24) is 0 Å². The zero-order valence-corrected chi connectivity index (χ0v) is 20.6. The van der Waals surface area contributed by atoms with Crippen molar-refractivity contribution in [2.45, 2.75) is 52.5 Å². The van der Waals surface area contributed by atoms with Crippen LogP contribution in [0, 0.1) is 25.7 Å². The Morgan fingerprint density at radius 3 is 1.71 bits per heavy atom. The number of nitrogens with one attached hydrogen (secondary N) is 1. The maximum atomic E-state index is 13.5. The molecule has 0 heterocycles. The Labute approximate surface area is 188 Å². The SMILES string of the molecule is Cc1ccc(N(C[C@H](O)C[NH+](CC(C)C)CC(C)C)S(=O)(=O)c2ccc(C)cc2)cc1. The van der Waals surface area contributed by atoms with Gasteiger partial charge in [-0.2, -0.15) is 0 Å². The average molecular weight is 448 g/mol. The Morgan fingerprint density at radius 1 is 0.806 bits per heavy atom. The standard InChI is InChI=1S/C25H38N2O3S/c1-19(2)15-26(16-20(3)4)17-24(28)18-27(23-11-7-21(5)8-12-23)31(29,30)25-13-9-22(6)10-14-25/h7-14,19-20,24,28H,15-18H2,1-6H3/p+1/t24-/m1/s1. The maximum Gasteiger partial charge on any atom is 0.264 e. The zero-order valence-electron chi connectivity index (χ0n) is 19.8. The van der Waals surface area contributed by atoms with Gasteiger partial charge in [-0.1, -0.05) is 63.1 Å². The molecule has 0 aliphatic heterocycles. The second-order valence-corrected chi connectivity index (χ2v) is 11.4. The van der Waals surface area contributed by atoms with E-state index in [4.69, 9.17) is 0 Å². The lowest BCUT2D eigenvalue weighted by molar-refractivity contribution is -0.909. The fraction of sp³-hybridized carbons (Fsp3) is 0.520. The third-order valence-corrected chi connectivity index (χ3v) is 7.03. The number of aryl methyl sites for hydroxylation is 2. The lowest BCUT2D eigenvalue weighted by Crippen LogP contribution is -3.14. The summed E-state index contributed by atoms with van der Waals surface area (Å²) in [7, 11) is -3.80. The van der Waals surface area contributed by atoms with Gasteiger partial charge in [-0.05, 0) is 38.1 Å². The summed E-state index contributed by atoms with van der Waals surface area (Å²) in [6, 6.07) is 14.3. The number of benzene rings is 2. The number of anilines is 1. The molecule has 2 rings (SSSR count). The monoisotopic (exact) mass is 447 g/mol. The lowest BCUT2D eigenvalue weighted by atomic mass is 10.1. The molecule has 0 aliphatic rings. The normalized spacial score (nSPS) is 13.2. The summed E-state index contributed by atoms with van der Waals surface area (Å²) in [6.45, 7) is 15.0. The van der Waals surface area contributed by atoms with E-state index in [0.29, 0.717) is 24.1 Å². The van der Waals surface area contributed by atoms with Crippen LogP contribution in [0.25, 0.3) is 0 Å². The molecule has 0 amide bonds. The Morgan fingerprint density at radius 2 is 1.26 bits per heavy atom. The predicted octanol–water partition coefficient (Wildman–Crippen LogP) is 3.06. The van der Waals surface area contributed by atoms with Crippen LogP contribution in [0.3, 0.4) is 0 Å². The zero-order chi connectivity index (χ0) is 23.2. The van der Waals surface area contributed by atoms with Gasteiger partial charge in [0.1, 0.15) is 12.6 Å². The van der Waals surface area contributed by atoms with E-state index in [0.717, 1.165) is 24.2 Å². The van der Waals surface area contributed by atoms with Crippen molar-refractivity contribution < 1.29 is 18.4 Å². The molecule has 2 N–H and O–H groups in total. The smallest absolute Gasteiger partial charge is 0.264 e. The van der Waals surface area contributed by atoms with Crippen LogP contribution in [0.4, 0.5) is 5.69 Å². The fourth-order valence-electron chi connectivity index (χ4n) is 3.88. The number of aliphatic hydroxyl groups excluding tert-OH is 1. The fourth-order valence-corrected chi connectivity index (χ4v) is 5.39. The minimum absolute atomic E-state index is 0.0267. The van der Waals surface area contributed by atoms with Gasteiger partial charge < -0.3 is 10.0 Å². The first-order valence-corrected chi connectivity index (χ1v) is 12.6. The number of aliphatic hydroxyl groups is 1. The van der Waals surface area contributed by atoms with E-state index in [1.54, 1.807) is 36.4 Å². The first-order chi connectivity index (χ1) is 14.5. The molecule has 1 atom stereocenters. The van der Waals surface area contributed by atoms with Crippen molar-refractivity contribution in [3.05, 3.63) is 59.7 Å². The van der Waals surface area contributed by atoms with Gasteiger partial charge in [-0.25, -0.2) is 8.42 Å². The molecule has 31 heavy (non-hydrogen) atoms. The quantitative estimate of drug-likeness (QED) is 0.557. The number of hydrogen-bond acceptors (Lipinski definition) is 3. The van der Waals surface area contributed by atoms with E-state index < -0.39 is 16.1 Å². The first kappa shape index (κ1) is 25.4. The number of sulfonamides is 1. The van der Waals surface area contributed by atoms with E-state index in [9.17, 15) is 13.5 Å². The van der Waals surface area contributed by atoms with E-state index in [1.165, 1.54) is 9.21 Å². The van der Waals surface area contributed by atoms with Gasteiger partial charge in [0, 0.05) is 11.8 Å². The van der Waals surface area contributed by atoms with Crippen molar-refractivity contribution in [3.8, 4) is 0 Å². The Balaban J connectivity index is 2.32. The number of rotatable bonds is 11. The summed E-state index contributed by atoms with van der Waals surface area (Å²) < 4.78 is 28.4. The highest BCUT2D eigenvalue weighted by atomic mass is 32.2. The molecule has 0 fully saturated rings. The molecular weight excluding hydrogens is 408 g/mol. The maximum absolute atomic E-state index is 13.5. The largest absolute Gasteiger partial charge is 0.385 e. The molecule has 2 aromatic carbocycles. The van der Waals surface area contributed by atoms with Crippen molar-refractivity contribution in [2.24, 2.45) is 11.8 Å². The number of nitrogens with zero attached hydrogens (tertiary/aromatic N) is 1. The first-order valence-electron chi connectivity index (χ1n) is 11.2. The number of quaternary nitrogens is 1. The Kier molecular flexibility index (Phi) is 9.10. The van der Waals surface area contributed by atoms with Crippen LogP contribution in [-0.2, 0) is 10.0 Å². The van der Waals surface area contributed by atoms with Gasteiger partial charge in [-0.3, -0.25) is 4.31 Å². The van der Waals surface area contributed by atoms with Crippen molar-refractivity contribution >= 4 is 15.7 Å². The van der Waals surface area contributed by atoms with Crippen LogP contribution in [-0.4, -0.2) is 45.8 Å². The van der Waals surface area contributed by atoms with Gasteiger partial charge in [0.15, 0.2) is 0 Å². The van der Waals surface area contributed by atoms with Gasteiger partial charge in [0.25, 0.3) is 10.0 Å². The van der Waals surface area contributed by atoms with Crippen LogP contribution >= 0.6 is 0 Å². The summed E-state index contributed by atoms with van der Waals surface area (Å²) >= 11 is 0. The predicted molar refractivity (Wildman–Crippen MR) is 128 cm³/mol. The minimum atomic E-state index is -3.80. The molecule has 0 aromatic heterocycles. The molecule has 0 unspecified atom stereocenters. The van der Waals surface area contributed by atoms with Crippen LogP contribution in [0.5, 0.6) is 0 Å². The van der Waals surface area contributed by atoms with Crippen molar-refractivity contribution in [1.29, 1.82) is 0 Å². The average Bonchev–Trinajstić information content (AvgIpc) is 2.66. The Bertz CT molecular complexity index is 897. The van der Waals surface area contributed by atoms with E-state index in [-0.39, 0.29) is 11.4 Å². The third-order valence-electron chi connectivity index (χ3n) is 5.23. The minimum Gasteiger partial charge on any atom is -0.385 e. The van der Waals surface area contributed by atoms with Crippen LogP contribution in [0.2, 0.25) is 0 Å². The van der Waals surface area contributed by atoms with Gasteiger partial charge in [-0.15, -0.1) is 0 Å². The highest BCUT2D eigenvalue weighted by Gasteiger charge is 2.29. The van der Waals surface area contributed by atoms with Crippen LogP contribution in [0.15, 0.2) is 53.4 Å². The molecular formula is C25H39N2O3S+. The topological polar surface area (TPSA) is 62.1 Å². The molecule has 0 bridgehead atoms. The highest BCUT2D eigenvalue weighted by molar-refractivity contribution is 7.92. The molecule has 0 aliphatic carbocycles. The second kappa shape index (κ2) is 11.1. The lowest BCUT2D eigenvalue weighted by Gasteiger charge is -2.30. The molecule has 0 radical (unpaired) electrons. The van der Waals surface area contributed by atoms with Crippen molar-refractivity contribution in [2.75, 3.05) is 30.5 Å². The summed E-state index contributed by atoms with van der Waals surface area (Å²) in [4.78, 5) is 1.54. The van der Waals surface area contributed by atoms with Gasteiger partial charge >= 0.3 is 0 Å². The van der Waals surface area contributed by atoms with Crippen LogP contribution in [0.1, 0.15) is 38.8 Å². The molecule has 6 heteroatoms. The molecule has 2 aromatic rings. The van der Waals surface area contributed by atoms with Crippen LogP contribution < -0.4 is 9.21 Å². The second-order valence-electron chi connectivity index (χ2n) is 9.49.